The molecule has 0 saturated heterocycles. The van der Waals surface area contributed by atoms with Crippen LogP contribution in [0.4, 0.5) is 0 Å². The molecule has 2 atom stereocenters. The van der Waals surface area contributed by atoms with E-state index in [1.807, 2.05) is 44.2 Å². The third kappa shape index (κ3) is 2.25. The van der Waals surface area contributed by atoms with Gasteiger partial charge in [-0.2, -0.15) is 0 Å². The van der Waals surface area contributed by atoms with E-state index < -0.39 is 6.10 Å². The highest BCUT2D eigenvalue weighted by Crippen LogP contribution is 2.22. The minimum Gasteiger partial charge on any atom is -0.389 e. The summed E-state index contributed by atoms with van der Waals surface area (Å²) in [5.41, 5.74) is 1.99. The van der Waals surface area contributed by atoms with Crippen LogP contribution in [0.2, 0.25) is 0 Å². The molecule has 0 unspecified atom stereocenters. The molecule has 2 rings (SSSR count). The largest absolute Gasteiger partial charge is 0.389 e. The maximum atomic E-state index is 9.89. The van der Waals surface area contributed by atoms with E-state index in [4.69, 9.17) is 4.84 Å². The van der Waals surface area contributed by atoms with Crippen molar-refractivity contribution in [2.75, 3.05) is 0 Å². The minimum absolute atomic E-state index is 0.190. The van der Waals surface area contributed by atoms with Gasteiger partial charge in [0.25, 0.3) is 0 Å². The molecular weight excluding hydrogens is 202 g/mol. The van der Waals surface area contributed by atoms with Crippen LogP contribution < -0.4 is 0 Å². The topological polar surface area (TPSA) is 41.8 Å². The van der Waals surface area contributed by atoms with Crippen LogP contribution in [-0.2, 0) is 4.84 Å². The first-order valence-electron chi connectivity index (χ1n) is 5.64. The lowest BCUT2D eigenvalue weighted by atomic mass is 9.96. The predicted octanol–water partition coefficient (Wildman–Crippen LogP) is 2.20. The molecule has 1 N–H and O–H groups in total. The Morgan fingerprint density at radius 2 is 2.00 bits per heavy atom. The molecule has 3 heteroatoms. The van der Waals surface area contributed by atoms with E-state index in [2.05, 4.69) is 5.16 Å². The Labute approximate surface area is 95.7 Å². The molecule has 86 valence electrons. The third-order valence-electron chi connectivity index (χ3n) is 2.86. The van der Waals surface area contributed by atoms with Crippen LogP contribution >= 0.6 is 0 Å². The van der Waals surface area contributed by atoms with Gasteiger partial charge in [0.1, 0.15) is 0 Å². The van der Waals surface area contributed by atoms with Gasteiger partial charge in [0, 0.05) is 6.42 Å². The zero-order valence-electron chi connectivity index (χ0n) is 9.63. The van der Waals surface area contributed by atoms with Crippen molar-refractivity contribution < 1.29 is 9.94 Å². The van der Waals surface area contributed by atoms with Gasteiger partial charge in [0.2, 0.25) is 0 Å². The van der Waals surface area contributed by atoms with E-state index in [-0.39, 0.29) is 12.0 Å². The van der Waals surface area contributed by atoms with Crippen molar-refractivity contribution in [3.8, 4) is 0 Å². The van der Waals surface area contributed by atoms with E-state index in [1.165, 1.54) is 0 Å². The van der Waals surface area contributed by atoms with Crippen LogP contribution in [0.3, 0.4) is 0 Å². The molecule has 0 fully saturated rings. The maximum absolute atomic E-state index is 9.89. The summed E-state index contributed by atoms with van der Waals surface area (Å²) in [6.07, 6.45) is 0.0313. The Morgan fingerprint density at radius 1 is 1.31 bits per heavy atom. The Hall–Kier alpha value is -1.35. The van der Waals surface area contributed by atoms with Crippen molar-refractivity contribution >= 4 is 5.71 Å². The van der Waals surface area contributed by atoms with Crippen molar-refractivity contribution in [1.29, 1.82) is 0 Å². The highest BCUT2D eigenvalue weighted by atomic mass is 16.7. The van der Waals surface area contributed by atoms with Gasteiger partial charge in [-0.15, -0.1) is 0 Å². The molecule has 0 saturated carbocycles. The molecule has 0 amide bonds. The SMILES string of the molecule is CC(C)[C@@H](O)[C@H]1CC(c2ccccc2)=NO1. The normalized spacial score (nSPS) is 21.8. The maximum Gasteiger partial charge on any atom is 0.159 e. The van der Waals surface area contributed by atoms with Gasteiger partial charge in [-0.25, -0.2) is 0 Å². The summed E-state index contributed by atoms with van der Waals surface area (Å²) < 4.78 is 0. The summed E-state index contributed by atoms with van der Waals surface area (Å²) in [5, 5.41) is 13.9. The van der Waals surface area contributed by atoms with E-state index in [9.17, 15) is 5.11 Å². The fourth-order valence-corrected chi connectivity index (χ4v) is 1.81. The zero-order valence-corrected chi connectivity index (χ0v) is 9.63. The number of hydrogen-bond acceptors (Lipinski definition) is 3. The van der Waals surface area contributed by atoms with Crippen molar-refractivity contribution in [2.24, 2.45) is 11.1 Å². The first kappa shape index (κ1) is 11.1. The first-order valence-corrected chi connectivity index (χ1v) is 5.64. The molecule has 0 bridgehead atoms. The molecule has 1 aliphatic rings. The van der Waals surface area contributed by atoms with Crippen molar-refractivity contribution in [3.63, 3.8) is 0 Å². The Balaban J connectivity index is 2.03. The number of hydrogen-bond donors (Lipinski definition) is 1. The second-order valence-corrected chi connectivity index (χ2v) is 4.49. The van der Waals surface area contributed by atoms with Gasteiger partial charge in [-0.05, 0) is 11.5 Å². The monoisotopic (exact) mass is 219 g/mol. The molecule has 3 nitrogen and oxygen atoms in total. The highest BCUT2D eigenvalue weighted by Gasteiger charge is 2.30. The average Bonchev–Trinajstić information content (AvgIpc) is 2.78. The van der Waals surface area contributed by atoms with Crippen molar-refractivity contribution in [2.45, 2.75) is 32.5 Å². The molecule has 1 heterocycles. The second kappa shape index (κ2) is 4.66. The average molecular weight is 219 g/mol. The van der Waals surface area contributed by atoms with Crippen LogP contribution in [-0.4, -0.2) is 23.0 Å². The van der Waals surface area contributed by atoms with Gasteiger partial charge in [0.15, 0.2) is 6.10 Å². The number of rotatable bonds is 3. The van der Waals surface area contributed by atoms with Crippen LogP contribution in [0.1, 0.15) is 25.8 Å². The van der Waals surface area contributed by atoms with Crippen molar-refractivity contribution in [1.82, 2.24) is 0 Å². The van der Waals surface area contributed by atoms with Gasteiger partial charge in [-0.3, -0.25) is 0 Å². The standard InChI is InChI=1S/C13H17NO2/c1-9(2)13(15)12-8-11(14-16-12)10-6-4-3-5-7-10/h3-7,9,12-13,15H,8H2,1-2H3/t12-,13-/m1/s1. The second-order valence-electron chi connectivity index (χ2n) is 4.49. The van der Waals surface area contributed by atoms with Gasteiger partial charge in [-0.1, -0.05) is 49.3 Å². The molecule has 0 aliphatic carbocycles. The van der Waals surface area contributed by atoms with E-state index >= 15 is 0 Å². The van der Waals surface area contributed by atoms with E-state index in [1.54, 1.807) is 0 Å². The molecule has 1 aromatic carbocycles. The quantitative estimate of drug-likeness (QED) is 0.846. The highest BCUT2D eigenvalue weighted by molar-refractivity contribution is 6.01. The van der Waals surface area contributed by atoms with E-state index in [0.717, 1.165) is 11.3 Å². The van der Waals surface area contributed by atoms with Crippen molar-refractivity contribution in [3.05, 3.63) is 35.9 Å². The number of nitrogens with zero attached hydrogens (tertiary/aromatic N) is 1. The van der Waals surface area contributed by atoms with Crippen LogP contribution in [0.5, 0.6) is 0 Å². The lowest BCUT2D eigenvalue weighted by Gasteiger charge is -2.19. The smallest absolute Gasteiger partial charge is 0.159 e. The summed E-state index contributed by atoms with van der Waals surface area (Å²) in [6, 6.07) is 9.94. The predicted molar refractivity (Wildman–Crippen MR) is 63.3 cm³/mol. The number of benzene rings is 1. The molecule has 1 aliphatic heterocycles. The summed E-state index contributed by atoms with van der Waals surface area (Å²) >= 11 is 0. The number of aliphatic hydroxyl groups excluding tert-OH is 1. The summed E-state index contributed by atoms with van der Waals surface area (Å²) in [7, 11) is 0. The van der Waals surface area contributed by atoms with Crippen LogP contribution in [0, 0.1) is 5.92 Å². The van der Waals surface area contributed by atoms with Crippen LogP contribution in [0.25, 0.3) is 0 Å². The molecule has 0 spiro atoms. The Morgan fingerprint density at radius 3 is 2.62 bits per heavy atom. The molecule has 0 radical (unpaired) electrons. The Bertz CT molecular complexity index is 373. The fourth-order valence-electron chi connectivity index (χ4n) is 1.81. The van der Waals surface area contributed by atoms with E-state index in [0.29, 0.717) is 6.42 Å². The molecule has 1 aromatic rings. The molecule has 16 heavy (non-hydrogen) atoms. The third-order valence-corrected chi connectivity index (χ3v) is 2.86. The Kier molecular flexibility index (Phi) is 3.25. The summed E-state index contributed by atoms with van der Waals surface area (Å²) in [4.78, 5) is 5.28. The van der Waals surface area contributed by atoms with Gasteiger partial charge >= 0.3 is 0 Å². The fraction of sp³-hybridized carbons (Fsp3) is 0.462. The minimum atomic E-state index is -0.454. The van der Waals surface area contributed by atoms with Gasteiger partial charge < -0.3 is 9.94 Å². The number of oxime groups is 1. The summed E-state index contributed by atoms with van der Waals surface area (Å²) in [6.45, 7) is 3.96. The molecular formula is C13H17NO2. The zero-order chi connectivity index (χ0) is 11.5. The molecule has 0 aromatic heterocycles. The lowest BCUT2D eigenvalue weighted by molar-refractivity contribution is -0.0378. The lowest BCUT2D eigenvalue weighted by Crippen LogP contribution is -2.31. The van der Waals surface area contributed by atoms with Crippen LogP contribution in [0.15, 0.2) is 35.5 Å². The summed E-state index contributed by atoms with van der Waals surface area (Å²) in [5.74, 6) is 0.190. The van der Waals surface area contributed by atoms with Gasteiger partial charge in [0.05, 0.1) is 11.8 Å². The number of aliphatic hydroxyl groups is 1. The first-order chi connectivity index (χ1) is 7.68.